The first-order valence-corrected chi connectivity index (χ1v) is 9.16. The average Bonchev–Trinajstić information content (AvgIpc) is 3.15. The van der Waals surface area contributed by atoms with E-state index in [-0.39, 0.29) is 0 Å². The van der Waals surface area contributed by atoms with Crippen LogP contribution in [0.5, 0.6) is 0 Å². The molecule has 2 heteroatoms. The number of H-pyrrole nitrogens is 1. The van der Waals surface area contributed by atoms with Crippen molar-refractivity contribution in [2.24, 2.45) is 0 Å². The molecule has 0 atom stereocenters. The van der Waals surface area contributed by atoms with Crippen molar-refractivity contribution in [1.29, 1.82) is 0 Å². The summed E-state index contributed by atoms with van der Waals surface area (Å²) in [6.45, 7) is 0. The standard InChI is InChI=1S/C22H12IN/c23-18-10-4-9-16-21-15-8-3-7-14-12-5-1-2-6-13(12)17(20(14)15)11-19(21)24-22(16)18/h1-11,24H. The summed E-state index contributed by atoms with van der Waals surface area (Å²) in [5.74, 6) is 0. The molecular weight excluding hydrogens is 405 g/mol. The van der Waals surface area contributed by atoms with E-state index in [0.717, 1.165) is 0 Å². The van der Waals surface area contributed by atoms with Crippen LogP contribution in [-0.2, 0) is 0 Å². The van der Waals surface area contributed by atoms with Gasteiger partial charge in [-0.05, 0) is 67.7 Å². The van der Waals surface area contributed by atoms with E-state index in [1.54, 1.807) is 0 Å². The van der Waals surface area contributed by atoms with E-state index < -0.39 is 0 Å². The summed E-state index contributed by atoms with van der Waals surface area (Å²) in [4.78, 5) is 3.66. The Morgan fingerprint density at radius 2 is 1.33 bits per heavy atom. The lowest BCUT2D eigenvalue weighted by Gasteiger charge is -2.04. The molecule has 1 aliphatic carbocycles. The first-order chi connectivity index (χ1) is 11.8. The van der Waals surface area contributed by atoms with Crippen LogP contribution in [-0.4, -0.2) is 4.98 Å². The van der Waals surface area contributed by atoms with Crippen LogP contribution in [0.2, 0.25) is 0 Å². The fourth-order valence-electron chi connectivity index (χ4n) is 4.26. The van der Waals surface area contributed by atoms with E-state index >= 15 is 0 Å². The Hall–Kier alpha value is -2.33. The number of halogens is 1. The maximum absolute atomic E-state index is 3.66. The zero-order valence-corrected chi connectivity index (χ0v) is 14.9. The number of para-hydroxylation sites is 1. The number of rotatable bonds is 0. The number of aromatic amines is 1. The van der Waals surface area contributed by atoms with Gasteiger partial charge in [0, 0.05) is 19.9 Å². The highest BCUT2D eigenvalue weighted by Gasteiger charge is 2.23. The van der Waals surface area contributed by atoms with Gasteiger partial charge < -0.3 is 4.98 Å². The topological polar surface area (TPSA) is 15.8 Å². The highest BCUT2D eigenvalue weighted by molar-refractivity contribution is 14.1. The molecule has 1 aromatic heterocycles. The van der Waals surface area contributed by atoms with Gasteiger partial charge in [-0.2, -0.15) is 0 Å². The highest BCUT2D eigenvalue weighted by Crippen LogP contribution is 2.50. The van der Waals surface area contributed by atoms with Crippen LogP contribution in [0.4, 0.5) is 0 Å². The van der Waals surface area contributed by atoms with Crippen molar-refractivity contribution in [3.8, 4) is 22.3 Å². The van der Waals surface area contributed by atoms with Crippen LogP contribution < -0.4 is 0 Å². The smallest absolute Gasteiger partial charge is 0.0600 e. The molecule has 6 rings (SSSR count). The molecule has 4 aromatic carbocycles. The minimum Gasteiger partial charge on any atom is -0.354 e. The Morgan fingerprint density at radius 1 is 0.625 bits per heavy atom. The van der Waals surface area contributed by atoms with Crippen LogP contribution in [0, 0.1) is 3.57 Å². The van der Waals surface area contributed by atoms with Gasteiger partial charge in [0.1, 0.15) is 0 Å². The van der Waals surface area contributed by atoms with E-state index in [2.05, 4.69) is 94.3 Å². The van der Waals surface area contributed by atoms with Crippen LogP contribution in [0.25, 0.3) is 54.8 Å². The van der Waals surface area contributed by atoms with Gasteiger partial charge in [-0.15, -0.1) is 0 Å². The second-order valence-electron chi connectivity index (χ2n) is 6.41. The summed E-state index contributed by atoms with van der Waals surface area (Å²) in [5, 5.41) is 5.41. The lowest BCUT2D eigenvalue weighted by molar-refractivity contribution is 1.53. The molecule has 0 fully saturated rings. The molecule has 0 bridgehead atoms. The fourth-order valence-corrected chi connectivity index (χ4v) is 4.89. The van der Waals surface area contributed by atoms with Gasteiger partial charge in [0.15, 0.2) is 0 Å². The number of fused-ring (bicyclic) bond motifs is 7. The Morgan fingerprint density at radius 3 is 2.21 bits per heavy atom. The van der Waals surface area contributed by atoms with Crippen molar-refractivity contribution < 1.29 is 0 Å². The number of nitrogens with one attached hydrogen (secondary N) is 1. The number of hydrogen-bond donors (Lipinski definition) is 1. The predicted octanol–water partition coefficient (Wildman–Crippen LogP) is 6.73. The lowest BCUT2D eigenvalue weighted by atomic mass is 9.98. The van der Waals surface area contributed by atoms with Gasteiger partial charge in [0.05, 0.1) is 5.52 Å². The molecule has 5 aromatic rings. The molecule has 0 aliphatic heterocycles. The zero-order chi connectivity index (χ0) is 15.8. The Bertz CT molecular complexity index is 1310. The van der Waals surface area contributed by atoms with E-state index in [1.807, 2.05) is 0 Å². The van der Waals surface area contributed by atoms with E-state index in [1.165, 1.54) is 58.4 Å². The third-order valence-electron chi connectivity index (χ3n) is 5.21. The first-order valence-electron chi connectivity index (χ1n) is 8.08. The molecule has 0 spiro atoms. The van der Waals surface area contributed by atoms with Gasteiger partial charge in [-0.3, -0.25) is 0 Å². The Kier molecular flexibility index (Phi) is 2.38. The van der Waals surface area contributed by atoms with Crippen molar-refractivity contribution in [2.75, 3.05) is 0 Å². The molecular formula is C22H12IN. The highest BCUT2D eigenvalue weighted by atomic mass is 127. The summed E-state index contributed by atoms with van der Waals surface area (Å²) >= 11 is 2.42. The van der Waals surface area contributed by atoms with Gasteiger partial charge in [-0.25, -0.2) is 0 Å². The van der Waals surface area contributed by atoms with Crippen LogP contribution in [0.1, 0.15) is 0 Å². The van der Waals surface area contributed by atoms with Crippen molar-refractivity contribution in [3.05, 3.63) is 70.3 Å². The number of aromatic nitrogens is 1. The fraction of sp³-hybridized carbons (Fsp3) is 0. The second-order valence-corrected chi connectivity index (χ2v) is 7.57. The monoisotopic (exact) mass is 417 g/mol. The third kappa shape index (κ3) is 1.45. The third-order valence-corrected chi connectivity index (χ3v) is 6.11. The SMILES string of the molecule is Ic1cccc2c1[nH]c1cc3c4c(cccc4c12)-c1ccccc1-3. The Balaban J connectivity index is 1.93. The first kappa shape index (κ1) is 13.0. The molecule has 1 aliphatic rings. The molecule has 0 saturated heterocycles. The van der Waals surface area contributed by atoms with Crippen molar-refractivity contribution in [1.82, 2.24) is 4.98 Å². The molecule has 0 unspecified atom stereocenters. The van der Waals surface area contributed by atoms with Gasteiger partial charge in [0.25, 0.3) is 0 Å². The maximum Gasteiger partial charge on any atom is 0.0600 e. The van der Waals surface area contributed by atoms with Gasteiger partial charge in [-0.1, -0.05) is 54.6 Å². The molecule has 24 heavy (non-hydrogen) atoms. The summed E-state index contributed by atoms with van der Waals surface area (Å²) < 4.78 is 1.27. The van der Waals surface area contributed by atoms with Gasteiger partial charge >= 0.3 is 0 Å². The van der Waals surface area contributed by atoms with Crippen LogP contribution >= 0.6 is 22.6 Å². The molecule has 0 radical (unpaired) electrons. The summed E-state index contributed by atoms with van der Waals surface area (Å²) in [7, 11) is 0. The van der Waals surface area contributed by atoms with E-state index in [9.17, 15) is 0 Å². The molecule has 1 nitrogen and oxygen atoms in total. The largest absolute Gasteiger partial charge is 0.354 e. The normalized spacial score (nSPS) is 12.4. The van der Waals surface area contributed by atoms with E-state index in [0.29, 0.717) is 0 Å². The molecule has 0 amide bonds. The minimum atomic E-state index is 1.23. The summed E-state index contributed by atoms with van der Waals surface area (Å²) in [6, 6.07) is 24.3. The van der Waals surface area contributed by atoms with Crippen molar-refractivity contribution in [3.63, 3.8) is 0 Å². The van der Waals surface area contributed by atoms with Crippen LogP contribution in [0.3, 0.4) is 0 Å². The van der Waals surface area contributed by atoms with Gasteiger partial charge in [0.2, 0.25) is 0 Å². The summed E-state index contributed by atoms with van der Waals surface area (Å²) in [5.41, 5.74) is 7.88. The summed E-state index contributed by atoms with van der Waals surface area (Å²) in [6.07, 6.45) is 0. The molecule has 1 heterocycles. The quantitative estimate of drug-likeness (QED) is 0.264. The lowest BCUT2D eigenvalue weighted by Crippen LogP contribution is -1.78. The molecule has 1 N–H and O–H groups in total. The minimum absolute atomic E-state index is 1.23. The molecule has 0 saturated carbocycles. The number of hydrogen-bond acceptors (Lipinski definition) is 0. The zero-order valence-electron chi connectivity index (χ0n) is 12.7. The van der Waals surface area contributed by atoms with Crippen molar-refractivity contribution in [2.45, 2.75) is 0 Å². The average molecular weight is 417 g/mol. The predicted molar refractivity (Wildman–Crippen MR) is 110 cm³/mol. The second kappa shape index (κ2) is 4.39. The molecule has 112 valence electrons. The van der Waals surface area contributed by atoms with Crippen LogP contribution in [0.15, 0.2) is 66.7 Å². The van der Waals surface area contributed by atoms with E-state index in [4.69, 9.17) is 0 Å². The Labute approximate surface area is 152 Å². The van der Waals surface area contributed by atoms with Crippen molar-refractivity contribution >= 4 is 55.2 Å². The maximum atomic E-state index is 3.66. The number of benzene rings is 4.